The average Bonchev–Trinajstić information content (AvgIpc) is 2.95. The molecular weight excluding hydrogens is 332 g/mol. The van der Waals surface area contributed by atoms with Crippen molar-refractivity contribution in [3.8, 4) is 5.75 Å². The Labute approximate surface area is 155 Å². The van der Waals surface area contributed by atoms with Crippen LogP contribution in [-0.4, -0.2) is 56.2 Å². The van der Waals surface area contributed by atoms with Gasteiger partial charge >= 0.3 is 0 Å². The number of nitrogens with one attached hydrogen (secondary N) is 1. The van der Waals surface area contributed by atoms with Gasteiger partial charge < -0.3 is 19.7 Å². The highest BCUT2D eigenvalue weighted by Gasteiger charge is 2.17. The van der Waals surface area contributed by atoms with Crippen molar-refractivity contribution in [2.45, 2.75) is 39.0 Å². The zero-order valence-electron chi connectivity index (χ0n) is 15.7. The van der Waals surface area contributed by atoms with Crippen LogP contribution in [0.4, 0.5) is 0 Å². The summed E-state index contributed by atoms with van der Waals surface area (Å²) in [4.78, 5) is 26.6. The van der Waals surface area contributed by atoms with Crippen LogP contribution in [0.1, 0.15) is 49.4 Å². The molecule has 1 aromatic rings. The summed E-state index contributed by atoms with van der Waals surface area (Å²) in [5, 5.41) is 2.86. The van der Waals surface area contributed by atoms with Crippen molar-refractivity contribution in [2.24, 2.45) is 0 Å². The highest BCUT2D eigenvalue weighted by atomic mass is 16.5. The molecule has 0 spiro atoms. The number of para-hydroxylation sites is 1. The molecule has 1 heterocycles. The Balaban J connectivity index is 1.85. The number of amides is 2. The summed E-state index contributed by atoms with van der Waals surface area (Å²) >= 11 is 0. The Morgan fingerprint density at radius 1 is 1.12 bits per heavy atom. The largest absolute Gasteiger partial charge is 0.483 e. The third-order valence-electron chi connectivity index (χ3n) is 4.40. The average molecular weight is 362 g/mol. The molecule has 1 N–H and O–H groups in total. The summed E-state index contributed by atoms with van der Waals surface area (Å²) < 4.78 is 10.9. The van der Waals surface area contributed by atoms with Gasteiger partial charge in [-0.1, -0.05) is 25.0 Å². The smallest absolute Gasteiger partial charge is 0.260 e. The van der Waals surface area contributed by atoms with Crippen LogP contribution in [-0.2, 0) is 9.53 Å². The third kappa shape index (κ3) is 6.67. The van der Waals surface area contributed by atoms with Crippen molar-refractivity contribution < 1.29 is 19.1 Å². The molecule has 2 rings (SSSR count). The number of carbonyl (C=O) groups is 2. The molecule has 0 unspecified atom stereocenters. The zero-order valence-corrected chi connectivity index (χ0v) is 15.7. The van der Waals surface area contributed by atoms with E-state index >= 15 is 0 Å². The molecule has 2 amide bonds. The Bertz CT molecular complexity index is 569. The fourth-order valence-corrected chi connectivity index (χ4v) is 2.95. The number of nitrogens with zero attached hydrogens (tertiary/aromatic N) is 1. The number of hydrogen-bond acceptors (Lipinski definition) is 4. The van der Waals surface area contributed by atoms with Crippen LogP contribution in [0.2, 0.25) is 0 Å². The maximum Gasteiger partial charge on any atom is 0.260 e. The van der Waals surface area contributed by atoms with Gasteiger partial charge in [-0.25, -0.2) is 0 Å². The van der Waals surface area contributed by atoms with Crippen LogP contribution >= 0.6 is 0 Å². The Hall–Kier alpha value is -2.08. The second kappa shape index (κ2) is 11.5. The number of likely N-dealkylation sites (tertiary alicyclic amines) is 1. The van der Waals surface area contributed by atoms with E-state index in [4.69, 9.17) is 9.47 Å². The monoisotopic (exact) mass is 362 g/mol. The van der Waals surface area contributed by atoms with Crippen molar-refractivity contribution in [2.75, 3.05) is 39.5 Å². The minimum atomic E-state index is -0.195. The van der Waals surface area contributed by atoms with Gasteiger partial charge in [0.2, 0.25) is 0 Å². The standard InChI is InChI=1S/C20H30N2O4/c1-2-25-15-9-12-21-20(24)17-10-5-6-11-18(17)26-16-19(23)22-13-7-3-4-8-14-22/h5-6,10-11H,2-4,7-9,12-16H2,1H3,(H,21,24). The maximum atomic E-state index is 12.4. The molecule has 0 aromatic heterocycles. The molecule has 6 nitrogen and oxygen atoms in total. The molecule has 0 radical (unpaired) electrons. The predicted molar refractivity (Wildman–Crippen MR) is 100 cm³/mol. The molecule has 1 aliphatic rings. The Kier molecular flexibility index (Phi) is 8.96. The lowest BCUT2D eigenvalue weighted by Crippen LogP contribution is -2.35. The lowest BCUT2D eigenvalue weighted by Gasteiger charge is -2.20. The van der Waals surface area contributed by atoms with Crippen molar-refractivity contribution in [3.05, 3.63) is 29.8 Å². The van der Waals surface area contributed by atoms with Crippen LogP contribution in [0.3, 0.4) is 0 Å². The summed E-state index contributed by atoms with van der Waals surface area (Å²) in [6.45, 7) is 5.34. The van der Waals surface area contributed by atoms with Gasteiger partial charge in [0.1, 0.15) is 5.75 Å². The maximum absolute atomic E-state index is 12.4. The zero-order chi connectivity index (χ0) is 18.6. The summed E-state index contributed by atoms with van der Waals surface area (Å²) in [5.41, 5.74) is 0.451. The van der Waals surface area contributed by atoms with E-state index in [-0.39, 0.29) is 18.4 Å². The van der Waals surface area contributed by atoms with E-state index in [0.29, 0.717) is 31.1 Å². The molecule has 6 heteroatoms. The van der Waals surface area contributed by atoms with Gasteiger partial charge in [0, 0.05) is 32.8 Å². The van der Waals surface area contributed by atoms with Crippen LogP contribution < -0.4 is 10.1 Å². The molecule has 1 aliphatic heterocycles. The molecule has 26 heavy (non-hydrogen) atoms. The highest BCUT2D eigenvalue weighted by molar-refractivity contribution is 5.97. The van der Waals surface area contributed by atoms with Gasteiger partial charge in [0.15, 0.2) is 6.61 Å². The summed E-state index contributed by atoms with van der Waals surface area (Å²) in [7, 11) is 0. The number of benzene rings is 1. The summed E-state index contributed by atoms with van der Waals surface area (Å²) in [6, 6.07) is 7.03. The van der Waals surface area contributed by atoms with Crippen LogP contribution in [0.15, 0.2) is 24.3 Å². The van der Waals surface area contributed by atoms with E-state index in [0.717, 1.165) is 32.4 Å². The van der Waals surface area contributed by atoms with Gasteiger partial charge in [-0.05, 0) is 38.3 Å². The van der Waals surface area contributed by atoms with E-state index in [9.17, 15) is 9.59 Å². The number of hydrogen-bond donors (Lipinski definition) is 1. The number of carbonyl (C=O) groups excluding carboxylic acids is 2. The first-order valence-corrected chi connectivity index (χ1v) is 9.58. The number of ether oxygens (including phenoxy) is 2. The second-order valence-corrected chi connectivity index (χ2v) is 6.39. The van der Waals surface area contributed by atoms with E-state index in [1.54, 1.807) is 24.3 Å². The topological polar surface area (TPSA) is 67.9 Å². The summed E-state index contributed by atoms with van der Waals surface area (Å²) in [5.74, 6) is 0.233. The molecular formula is C20H30N2O4. The Morgan fingerprint density at radius 2 is 1.85 bits per heavy atom. The first-order chi connectivity index (χ1) is 12.7. The van der Waals surface area contributed by atoms with E-state index < -0.39 is 0 Å². The highest BCUT2D eigenvalue weighted by Crippen LogP contribution is 2.18. The van der Waals surface area contributed by atoms with Crippen molar-refractivity contribution >= 4 is 11.8 Å². The van der Waals surface area contributed by atoms with Crippen molar-refractivity contribution in [1.29, 1.82) is 0 Å². The normalized spacial score (nSPS) is 14.6. The van der Waals surface area contributed by atoms with Crippen LogP contribution in [0.25, 0.3) is 0 Å². The molecule has 0 bridgehead atoms. The molecule has 1 saturated heterocycles. The molecule has 1 fully saturated rings. The summed E-state index contributed by atoms with van der Waals surface area (Å²) in [6.07, 6.45) is 5.21. The molecule has 1 aromatic carbocycles. The molecule has 144 valence electrons. The SMILES string of the molecule is CCOCCCNC(=O)c1ccccc1OCC(=O)N1CCCCCC1. The van der Waals surface area contributed by atoms with Crippen molar-refractivity contribution in [1.82, 2.24) is 10.2 Å². The van der Waals surface area contributed by atoms with Crippen molar-refractivity contribution in [3.63, 3.8) is 0 Å². The minimum Gasteiger partial charge on any atom is -0.483 e. The van der Waals surface area contributed by atoms with E-state index in [2.05, 4.69) is 5.32 Å². The fourth-order valence-electron chi connectivity index (χ4n) is 2.95. The van der Waals surface area contributed by atoms with Gasteiger partial charge in [-0.3, -0.25) is 9.59 Å². The lowest BCUT2D eigenvalue weighted by atomic mass is 10.2. The third-order valence-corrected chi connectivity index (χ3v) is 4.40. The van der Waals surface area contributed by atoms with Gasteiger partial charge in [-0.15, -0.1) is 0 Å². The fraction of sp³-hybridized carbons (Fsp3) is 0.600. The first-order valence-electron chi connectivity index (χ1n) is 9.58. The van der Waals surface area contributed by atoms with Gasteiger partial charge in [0.25, 0.3) is 11.8 Å². The number of rotatable bonds is 9. The van der Waals surface area contributed by atoms with E-state index in [1.165, 1.54) is 12.8 Å². The Morgan fingerprint density at radius 3 is 2.58 bits per heavy atom. The first kappa shape index (κ1) is 20.2. The quantitative estimate of drug-likeness (QED) is 0.686. The minimum absolute atomic E-state index is 0.0150. The van der Waals surface area contributed by atoms with Crippen LogP contribution in [0.5, 0.6) is 5.75 Å². The predicted octanol–water partition coefficient (Wildman–Crippen LogP) is 2.62. The second-order valence-electron chi connectivity index (χ2n) is 6.39. The van der Waals surface area contributed by atoms with Gasteiger partial charge in [0.05, 0.1) is 5.56 Å². The van der Waals surface area contributed by atoms with E-state index in [1.807, 2.05) is 11.8 Å². The molecule has 0 aliphatic carbocycles. The molecule has 0 atom stereocenters. The molecule has 0 saturated carbocycles. The van der Waals surface area contributed by atoms with Gasteiger partial charge in [-0.2, -0.15) is 0 Å². The van der Waals surface area contributed by atoms with Crippen LogP contribution in [0, 0.1) is 0 Å². The lowest BCUT2D eigenvalue weighted by molar-refractivity contribution is -0.133.